The molecular weight excluding hydrogens is 266 g/mol. The zero-order valence-corrected chi connectivity index (χ0v) is 12.8. The number of carbonyl (C=O) groups is 1. The minimum Gasteiger partial charge on any atom is -0.350 e. The minimum absolute atomic E-state index is 0.0523. The van der Waals surface area contributed by atoms with Crippen LogP contribution in [0, 0.1) is 19.8 Å². The van der Waals surface area contributed by atoms with Crippen LogP contribution in [0.1, 0.15) is 34.3 Å². The third-order valence-corrected chi connectivity index (χ3v) is 4.33. The second-order valence-electron chi connectivity index (χ2n) is 6.12. The van der Waals surface area contributed by atoms with Crippen LogP contribution < -0.4 is 0 Å². The SMILES string of the molecule is Cc1cc(C)cc(C(=O)N2CCC(C3OCCO3)CC2)c1. The number of aryl methyl sites for hydroxylation is 2. The molecule has 2 aliphatic heterocycles. The number of hydrogen-bond donors (Lipinski definition) is 0. The van der Waals surface area contributed by atoms with Crippen molar-refractivity contribution in [2.24, 2.45) is 5.92 Å². The van der Waals surface area contributed by atoms with Gasteiger partial charge in [0.25, 0.3) is 5.91 Å². The van der Waals surface area contributed by atoms with Crippen LogP contribution in [0.5, 0.6) is 0 Å². The Balaban J connectivity index is 1.62. The van der Waals surface area contributed by atoms with Crippen molar-refractivity contribution in [2.45, 2.75) is 33.0 Å². The van der Waals surface area contributed by atoms with Crippen molar-refractivity contribution in [3.8, 4) is 0 Å². The Labute approximate surface area is 126 Å². The number of nitrogens with zero attached hydrogens (tertiary/aromatic N) is 1. The smallest absolute Gasteiger partial charge is 0.253 e. The summed E-state index contributed by atoms with van der Waals surface area (Å²) in [5.74, 6) is 0.573. The van der Waals surface area contributed by atoms with Gasteiger partial charge in [0.1, 0.15) is 0 Å². The molecule has 2 heterocycles. The molecule has 114 valence electrons. The van der Waals surface area contributed by atoms with E-state index in [2.05, 4.69) is 6.07 Å². The summed E-state index contributed by atoms with van der Waals surface area (Å²) in [6.07, 6.45) is 1.87. The lowest BCUT2D eigenvalue weighted by molar-refractivity contribution is -0.0956. The van der Waals surface area contributed by atoms with Crippen LogP contribution in [0.15, 0.2) is 18.2 Å². The van der Waals surface area contributed by atoms with Crippen LogP contribution in [0.25, 0.3) is 0 Å². The molecule has 4 heteroatoms. The monoisotopic (exact) mass is 289 g/mol. The first-order valence-electron chi connectivity index (χ1n) is 7.74. The molecule has 1 aromatic carbocycles. The number of carbonyl (C=O) groups excluding carboxylic acids is 1. The summed E-state index contributed by atoms with van der Waals surface area (Å²) in [6.45, 7) is 7.05. The summed E-state index contributed by atoms with van der Waals surface area (Å²) in [5, 5.41) is 0. The summed E-state index contributed by atoms with van der Waals surface area (Å²) < 4.78 is 11.2. The number of rotatable bonds is 2. The van der Waals surface area contributed by atoms with E-state index >= 15 is 0 Å². The first kappa shape index (κ1) is 14.5. The van der Waals surface area contributed by atoms with Gasteiger partial charge < -0.3 is 14.4 Å². The van der Waals surface area contributed by atoms with Gasteiger partial charge in [0.05, 0.1) is 13.2 Å². The highest BCUT2D eigenvalue weighted by molar-refractivity contribution is 5.94. The molecule has 21 heavy (non-hydrogen) atoms. The van der Waals surface area contributed by atoms with E-state index in [4.69, 9.17) is 9.47 Å². The largest absolute Gasteiger partial charge is 0.350 e. The van der Waals surface area contributed by atoms with Gasteiger partial charge in [-0.2, -0.15) is 0 Å². The van der Waals surface area contributed by atoms with Gasteiger partial charge in [-0.1, -0.05) is 17.2 Å². The van der Waals surface area contributed by atoms with Gasteiger partial charge in [0, 0.05) is 24.6 Å². The Morgan fingerprint density at radius 1 is 1.05 bits per heavy atom. The lowest BCUT2D eigenvalue weighted by atomic mass is 9.95. The molecule has 0 unspecified atom stereocenters. The van der Waals surface area contributed by atoms with Crippen molar-refractivity contribution in [1.29, 1.82) is 0 Å². The molecule has 0 N–H and O–H groups in total. The molecule has 1 amide bonds. The van der Waals surface area contributed by atoms with Gasteiger partial charge in [-0.3, -0.25) is 4.79 Å². The second-order valence-corrected chi connectivity index (χ2v) is 6.12. The average molecular weight is 289 g/mol. The van der Waals surface area contributed by atoms with Crippen LogP contribution in [-0.2, 0) is 9.47 Å². The van der Waals surface area contributed by atoms with E-state index in [1.807, 2.05) is 30.9 Å². The van der Waals surface area contributed by atoms with Crippen LogP contribution in [0.3, 0.4) is 0 Å². The average Bonchev–Trinajstić information content (AvgIpc) is 3.00. The molecule has 0 aromatic heterocycles. The summed E-state index contributed by atoms with van der Waals surface area (Å²) in [7, 11) is 0. The molecule has 2 fully saturated rings. The molecule has 0 bridgehead atoms. The summed E-state index contributed by atoms with van der Waals surface area (Å²) in [5.41, 5.74) is 3.08. The maximum atomic E-state index is 12.6. The summed E-state index contributed by atoms with van der Waals surface area (Å²) in [4.78, 5) is 14.6. The van der Waals surface area contributed by atoms with Crippen LogP contribution in [0.4, 0.5) is 0 Å². The van der Waals surface area contributed by atoms with E-state index in [1.54, 1.807) is 0 Å². The highest BCUT2D eigenvalue weighted by Crippen LogP contribution is 2.26. The highest BCUT2D eigenvalue weighted by atomic mass is 16.7. The maximum absolute atomic E-state index is 12.6. The minimum atomic E-state index is -0.0523. The van der Waals surface area contributed by atoms with Crippen molar-refractivity contribution < 1.29 is 14.3 Å². The molecule has 0 radical (unpaired) electrons. The van der Waals surface area contributed by atoms with Crippen molar-refractivity contribution in [3.63, 3.8) is 0 Å². The maximum Gasteiger partial charge on any atom is 0.253 e. The van der Waals surface area contributed by atoms with E-state index in [0.717, 1.165) is 42.6 Å². The fourth-order valence-electron chi connectivity index (χ4n) is 3.30. The Hall–Kier alpha value is -1.39. The highest BCUT2D eigenvalue weighted by Gasteiger charge is 2.32. The number of likely N-dealkylation sites (tertiary alicyclic amines) is 1. The Kier molecular flexibility index (Phi) is 4.27. The quantitative estimate of drug-likeness (QED) is 0.840. The third-order valence-electron chi connectivity index (χ3n) is 4.33. The van der Waals surface area contributed by atoms with Crippen LogP contribution >= 0.6 is 0 Å². The number of benzene rings is 1. The van der Waals surface area contributed by atoms with Crippen LogP contribution in [-0.4, -0.2) is 43.4 Å². The molecule has 3 rings (SSSR count). The van der Waals surface area contributed by atoms with Crippen molar-refractivity contribution in [3.05, 3.63) is 34.9 Å². The zero-order chi connectivity index (χ0) is 14.8. The Morgan fingerprint density at radius 2 is 1.62 bits per heavy atom. The molecule has 0 aliphatic carbocycles. The van der Waals surface area contributed by atoms with Gasteiger partial charge in [0.2, 0.25) is 0 Å². The molecule has 2 saturated heterocycles. The van der Waals surface area contributed by atoms with E-state index < -0.39 is 0 Å². The normalized spacial score (nSPS) is 21.0. The molecular formula is C17H23NO3. The molecule has 0 spiro atoms. The van der Waals surface area contributed by atoms with Crippen molar-refractivity contribution >= 4 is 5.91 Å². The van der Waals surface area contributed by atoms with E-state index in [1.165, 1.54) is 0 Å². The van der Waals surface area contributed by atoms with Crippen molar-refractivity contribution in [2.75, 3.05) is 26.3 Å². The predicted octanol–water partition coefficient (Wildman–Crippen LogP) is 2.53. The summed E-state index contributed by atoms with van der Waals surface area (Å²) >= 11 is 0. The first-order valence-corrected chi connectivity index (χ1v) is 7.74. The molecule has 2 aliphatic rings. The Morgan fingerprint density at radius 3 is 2.19 bits per heavy atom. The standard InChI is InChI=1S/C17H23NO3/c1-12-9-13(2)11-15(10-12)16(19)18-5-3-14(4-6-18)17-20-7-8-21-17/h9-11,14,17H,3-8H2,1-2H3. The first-order chi connectivity index (χ1) is 10.1. The van der Waals surface area contributed by atoms with Gasteiger partial charge in [-0.15, -0.1) is 0 Å². The van der Waals surface area contributed by atoms with Gasteiger partial charge >= 0.3 is 0 Å². The van der Waals surface area contributed by atoms with E-state index in [-0.39, 0.29) is 12.2 Å². The Bertz CT molecular complexity index is 495. The fourth-order valence-corrected chi connectivity index (χ4v) is 3.30. The molecule has 4 nitrogen and oxygen atoms in total. The van der Waals surface area contributed by atoms with Crippen molar-refractivity contribution in [1.82, 2.24) is 4.90 Å². The predicted molar refractivity (Wildman–Crippen MR) is 80.2 cm³/mol. The number of piperidine rings is 1. The number of hydrogen-bond acceptors (Lipinski definition) is 3. The second kappa shape index (κ2) is 6.16. The zero-order valence-electron chi connectivity index (χ0n) is 12.8. The van der Waals surface area contributed by atoms with Gasteiger partial charge in [-0.25, -0.2) is 0 Å². The lowest BCUT2D eigenvalue weighted by Gasteiger charge is -2.34. The van der Waals surface area contributed by atoms with Gasteiger partial charge in [0.15, 0.2) is 6.29 Å². The fraction of sp³-hybridized carbons (Fsp3) is 0.588. The van der Waals surface area contributed by atoms with Crippen LogP contribution in [0.2, 0.25) is 0 Å². The molecule has 1 aromatic rings. The molecule has 0 atom stereocenters. The van der Waals surface area contributed by atoms with Gasteiger partial charge in [-0.05, 0) is 38.8 Å². The molecule has 0 saturated carbocycles. The van der Waals surface area contributed by atoms with E-state index in [9.17, 15) is 4.79 Å². The third kappa shape index (κ3) is 3.27. The van der Waals surface area contributed by atoms with E-state index in [0.29, 0.717) is 19.1 Å². The number of amides is 1. The topological polar surface area (TPSA) is 38.8 Å². The summed E-state index contributed by atoms with van der Waals surface area (Å²) in [6, 6.07) is 6.05. The lowest BCUT2D eigenvalue weighted by Crippen LogP contribution is -2.41. The number of ether oxygens (including phenoxy) is 2.